The fourth-order valence-electron chi connectivity index (χ4n) is 15.2. The molecule has 0 saturated heterocycles. The first-order chi connectivity index (χ1) is 61.6. The normalized spacial score (nSPS) is 14.6. The van der Waals surface area contributed by atoms with Crippen molar-refractivity contribution in [2.24, 2.45) is 28.8 Å². The summed E-state index contributed by atoms with van der Waals surface area (Å²) in [5.74, 6) is -22.3. The molecule has 0 heterocycles. The smallest absolute Gasteiger partial charge is 0.339 e. The van der Waals surface area contributed by atoms with E-state index in [1.807, 2.05) is 60.7 Å². The predicted octanol–water partition coefficient (Wildman–Crippen LogP) is 7.77. The first kappa shape index (κ1) is 102. The SMILES string of the molecule is CCCC(NC(=O)C(CC(C)C)NC(=O)C(NC(=O)c1c(F)ccc(F)c1C(=O)O)C1CCCCC1)/C(=N\NC(=O)NC(c1ccccc1)c1ccccc1)C(=O)NCC(=O)NC(C(=O)NC)c1ccccc1.CCCC(NC(=O)C(CC(C)C)NC(=O)C(NC(=O)c1c(F)ccc(F)c1C(=O)O)C1CCCCC1)C(=O)C(=O)NCC(=O)NC(C(=O)NC)c1ccccc1. The molecule has 0 bridgehead atoms. The molecule has 14 amide bonds. The van der Waals surface area contributed by atoms with Crippen molar-refractivity contribution < 1.29 is 104 Å². The minimum atomic E-state index is -1.90. The van der Waals surface area contributed by atoms with E-state index in [0.717, 1.165) is 24.0 Å². The average Bonchev–Trinajstić information content (AvgIpc) is 0.798. The molecular formula is C92H113F4N15O18. The van der Waals surface area contributed by atoms with Gasteiger partial charge in [-0.1, -0.05) is 214 Å². The standard InChI is InChI=1S/C53H63F2N9O9.C39H50F2N6O9/c1-5-18-38(58-47(66)39(29-31(2)3)59-51(70)45(35-25-16-9-17-26-35)61-48(67)41-36(54)27-28-37(55)42(41)52(71)72)46(50(69)57-30-40(65)60-44(49(68)56-4)34-23-14-8-15-24-34)63-64-53(73)62-43(32-19-10-6-11-20-32)33-21-12-7-13-22-33;1-5-12-26(33(49)38(54)43-20-28(48)46-31(36(52)42-4)22-13-8-6-9-14-22)44-34(50)27(19-21(2)3)45-37(53)32(23-15-10-7-11-16-23)47-35(51)29-24(40)17-18-25(41)30(29)39(55)56/h6-8,10-15,19-24,27-28,31,35,38-39,43-45H,5,9,16-18,25-26,29-30H2,1-4H3,(H,56,68)(H,57,69)(H,58,66)(H,59,70)(H,60,65)(H,61,67)(H,71,72)(H2,62,64,73);6,8-9,13-14,17-18,21,23,26-27,31-32H,5,7,10-12,15-16,19-20H2,1-4H3,(H,42,52)(H,43,54)(H,44,50)(H,45,53)(H,46,48)(H,47,51)(H,55,56)/b63-46+;. The number of hydrazone groups is 1. The van der Waals surface area contributed by atoms with Crippen molar-refractivity contribution in [3.8, 4) is 0 Å². The number of carbonyl (C=O) groups is 16. The molecule has 37 heteroatoms. The van der Waals surface area contributed by atoms with Gasteiger partial charge in [-0.3, -0.25) is 62.3 Å². The minimum absolute atomic E-state index is 0.0190. The summed E-state index contributed by atoms with van der Waals surface area (Å²) in [6.45, 7) is 9.25. The Hall–Kier alpha value is -13.8. The lowest BCUT2D eigenvalue weighted by atomic mass is 9.83. The number of benzene rings is 6. The zero-order valence-electron chi connectivity index (χ0n) is 73.0. The van der Waals surface area contributed by atoms with Crippen LogP contribution in [0.2, 0.25) is 0 Å². The molecule has 0 aromatic heterocycles. The lowest BCUT2D eigenvalue weighted by molar-refractivity contribution is -0.141. The highest BCUT2D eigenvalue weighted by atomic mass is 19.1. The van der Waals surface area contributed by atoms with Crippen LogP contribution in [0.4, 0.5) is 22.4 Å². The van der Waals surface area contributed by atoms with Crippen LogP contribution in [0, 0.1) is 46.9 Å². The Labute approximate surface area is 744 Å². The Bertz CT molecular complexity index is 4930. The number of carbonyl (C=O) groups excluding carboxylic acids is 14. The van der Waals surface area contributed by atoms with E-state index in [-0.39, 0.29) is 37.5 Å². The monoisotopic (exact) mass is 1790 g/mol. The molecule has 8 unspecified atom stereocenters. The van der Waals surface area contributed by atoms with E-state index in [0.29, 0.717) is 99.6 Å². The number of hydrogen-bond donors (Lipinski definition) is 16. The summed E-state index contributed by atoms with van der Waals surface area (Å²) in [5, 5.41) is 56.6. The van der Waals surface area contributed by atoms with Crippen LogP contribution in [0.5, 0.6) is 0 Å². The Morgan fingerprint density at radius 1 is 0.380 bits per heavy atom. The summed E-state index contributed by atoms with van der Waals surface area (Å²) in [5.41, 5.74) is -0.223. The number of urea groups is 1. The van der Waals surface area contributed by atoms with Crippen molar-refractivity contribution >= 4 is 100 Å². The number of Topliss-reactive ketones (excluding diaryl/α,β-unsaturated/α-hetero) is 1. The summed E-state index contributed by atoms with van der Waals surface area (Å²) in [7, 11) is 2.80. The summed E-state index contributed by atoms with van der Waals surface area (Å²) in [6, 6.07) is 25.6. The second kappa shape index (κ2) is 51.1. The Balaban J connectivity index is 0.000000366. The third-order valence-electron chi connectivity index (χ3n) is 21.6. The van der Waals surface area contributed by atoms with E-state index in [1.54, 1.807) is 102 Å². The van der Waals surface area contributed by atoms with Gasteiger partial charge in [-0.15, -0.1) is 0 Å². The molecule has 2 fully saturated rings. The van der Waals surface area contributed by atoms with Gasteiger partial charge in [-0.05, 0) is 122 Å². The number of aromatic carboxylic acids is 2. The van der Waals surface area contributed by atoms with E-state index >= 15 is 4.39 Å². The van der Waals surface area contributed by atoms with E-state index in [2.05, 4.69) is 79.6 Å². The molecule has 6 aromatic rings. The molecule has 2 aliphatic carbocycles. The first-order valence-electron chi connectivity index (χ1n) is 42.8. The van der Waals surface area contributed by atoms with Crippen molar-refractivity contribution in [1.82, 2.24) is 74.5 Å². The highest BCUT2D eigenvalue weighted by Crippen LogP contribution is 2.31. The number of rotatable bonds is 42. The first-order valence-corrected chi connectivity index (χ1v) is 42.8. The second-order valence-corrected chi connectivity index (χ2v) is 32.1. The van der Waals surface area contributed by atoms with Crippen LogP contribution in [-0.2, 0) is 52.7 Å². The molecule has 8 rings (SSSR count). The number of ketones is 1. The van der Waals surface area contributed by atoms with Gasteiger partial charge in [0.05, 0.1) is 42.3 Å². The van der Waals surface area contributed by atoms with E-state index in [4.69, 9.17) is 0 Å². The molecule has 0 aliphatic heterocycles. The molecule has 129 heavy (non-hydrogen) atoms. The van der Waals surface area contributed by atoms with Gasteiger partial charge in [0, 0.05) is 14.1 Å². The van der Waals surface area contributed by atoms with Crippen molar-refractivity contribution in [3.05, 3.63) is 213 Å². The third kappa shape index (κ3) is 30.5. The van der Waals surface area contributed by atoms with E-state index in [1.165, 1.54) is 14.1 Å². The van der Waals surface area contributed by atoms with Crippen LogP contribution in [0.1, 0.15) is 226 Å². The maximum Gasteiger partial charge on any atom is 0.339 e. The second-order valence-electron chi connectivity index (χ2n) is 32.1. The van der Waals surface area contributed by atoms with E-state index < -0.39 is 225 Å². The summed E-state index contributed by atoms with van der Waals surface area (Å²) >= 11 is 0. The van der Waals surface area contributed by atoms with Crippen molar-refractivity contribution in [2.75, 3.05) is 27.2 Å². The largest absolute Gasteiger partial charge is 0.478 e. The van der Waals surface area contributed by atoms with Gasteiger partial charge in [0.1, 0.15) is 76.4 Å². The molecular weight excluding hydrogens is 1680 g/mol. The number of carboxylic acids is 2. The maximum absolute atomic E-state index is 15.1. The number of hydrogen-bond acceptors (Lipinski definition) is 17. The lowest BCUT2D eigenvalue weighted by Crippen LogP contribution is -2.59. The zero-order chi connectivity index (χ0) is 94.6. The number of amides is 14. The molecule has 0 spiro atoms. The van der Waals surface area contributed by atoms with Gasteiger partial charge < -0.3 is 79.3 Å². The van der Waals surface area contributed by atoms with Crippen molar-refractivity contribution in [2.45, 2.75) is 199 Å². The van der Waals surface area contributed by atoms with Crippen molar-refractivity contribution in [3.63, 3.8) is 0 Å². The van der Waals surface area contributed by atoms with Crippen LogP contribution in [-0.4, -0.2) is 174 Å². The molecule has 8 atom stereocenters. The Kier molecular flexibility index (Phi) is 40.6. The van der Waals surface area contributed by atoms with E-state index in [9.17, 15) is 100 Å². The van der Waals surface area contributed by atoms with Crippen LogP contribution >= 0.6 is 0 Å². The lowest BCUT2D eigenvalue weighted by Gasteiger charge is -2.32. The fraction of sp³-hybridized carbons (Fsp3) is 0.424. The van der Waals surface area contributed by atoms with Crippen LogP contribution in [0.15, 0.2) is 151 Å². The summed E-state index contributed by atoms with van der Waals surface area (Å²) in [6.07, 6.45) is 7.08. The van der Waals surface area contributed by atoms with Crippen LogP contribution in [0.25, 0.3) is 0 Å². The predicted molar refractivity (Wildman–Crippen MR) is 466 cm³/mol. The summed E-state index contributed by atoms with van der Waals surface area (Å²) < 4.78 is 59.0. The zero-order valence-corrected chi connectivity index (χ0v) is 73.0. The van der Waals surface area contributed by atoms with Gasteiger partial charge in [0.2, 0.25) is 53.0 Å². The Morgan fingerprint density at radius 2 is 0.713 bits per heavy atom. The highest BCUT2D eigenvalue weighted by Gasteiger charge is 2.41. The average molecular weight is 1790 g/mol. The number of likely N-dealkylation sites (N-methyl/N-ethyl adjacent to an activating group) is 2. The minimum Gasteiger partial charge on any atom is -0.478 e. The molecule has 2 saturated carbocycles. The van der Waals surface area contributed by atoms with Gasteiger partial charge >= 0.3 is 18.0 Å². The molecule has 0 radical (unpaired) electrons. The van der Waals surface area contributed by atoms with Gasteiger partial charge in [-0.25, -0.2) is 37.4 Å². The van der Waals surface area contributed by atoms with Crippen molar-refractivity contribution in [1.29, 1.82) is 0 Å². The molecule has 6 aromatic carbocycles. The number of carboxylic acid groups (broad SMARTS) is 2. The molecule has 33 nitrogen and oxygen atoms in total. The number of nitrogens with one attached hydrogen (secondary N) is 14. The molecule has 16 N–H and O–H groups in total. The number of nitrogens with zero attached hydrogens (tertiary/aromatic N) is 1. The highest BCUT2D eigenvalue weighted by molar-refractivity contribution is 6.41. The van der Waals surface area contributed by atoms with Crippen LogP contribution < -0.4 is 74.5 Å². The summed E-state index contributed by atoms with van der Waals surface area (Å²) in [4.78, 5) is 213. The van der Waals surface area contributed by atoms with Crippen LogP contribution in [0.3, 0.4) is 0 Å². The maximum atomic E-state index is 15.1. The fourth-order valence-corrected chi connectivity index (χ4v) is 15.2. The Morgan fingerprint density at radius 3 is 1.06 bits per heavy atom. The topological polar surface area (TPSA) is 494 Å². The van der Waals surface area contributed by atoms with Gasteiger partial charge in [0.15, 0.2) is 0 Å². The molecule has 692 valence electrons. The van der Waals surface area contributed by atoms with Gasteiger partial charge in [0.25, 0.3) is 23.6 Å². The van der Waals surface area contributed by atoms with Gasteiger partial charge in [-0.2, -0.15) is 5.10 Å². The third-order valence-corrected chi connectivity index (χ3v) is 21.6. The molecule has 2 aliphatic rings. The quantitative estimate of drug-likeness (QED) is 0.00753. The number of halogens is 4.